The van der Waals surface area contributed by atoms with E-state index in [-0.39, 0.29) is 11.9 Å². The van der Waals surface area contributed by atoms with Crippen LogP contribution in [0, 0.1) is 5.92 Å². The largest absolute Gasteiger partial charge is 0.408 e. The first-order chi connectivity index (χ1) is 10.4. The lowest BCUT2D eigenvalue weighted by molar-refractivity contribution is -0.111. The summed E-state index contributed by atoms with van der Waals surface area (Å²) >= 11 is 0. The Kier molecular flexibility index (Phi) is 6.28. The van der Waals surface area contributed by atoms with Gasteiger partial charge in [0.25, 0.3) is 0 Å². The monoisotopic (exact) mass is 326 g/mol. The minimum atomic E-state index is -1.58. The molecule has 22 heavy (non-hydrogen) atoms. The topological polar surface area (TPSA) is 27.7 Å². The Labute approximate surface area is 137 Å². The van der Waals surface area contributed by atoms with Crippen molar-refractivity contribution < 1.29 is 13.9 Å². The average Bonchev–Trinajstić information content (AvgIpc) is 3.08. The highest BCUT2D eigenvalue weighted by Gasteiger charge is 2.48. The van der Waals surface area contributed by atoms with Gasteiger partial charge in [0, 0.05) is 14.2 Å². The van der Waals surface area contributed by atoms with Gasteiger partial charge in [0.2, 0.25) is 0 Å². The number of methoxy groups -OCH3 is 2. The minimum Gasteiger partial charge on any atom is -0.408 e. The molecule has 0 aliphatic heterocycles. The average molecular weight is 327 g/mol. The van der Waals surface area contributed by atoms with Crippen LogP contribution in [-0.4, -0.2) is 34.4 Å². The molecular formula is C18H34O3Si. The molecule has 0 heterocycles. The maximum absolute atomic E-state index is 6.87. The molecule has 0 bridgehead atoms. The Morgan fingerprint density at radius 1 is 1.23 bits per heavy atom. The Bertz CT molecular complexity index is 384. The summed E-state index contributed by atoms with van der Waals surface area (Å²) in [6.45, 7) is 6.98. The maximum Gasteiger partial charge on any atom is 0.184 e. The second-order valence-corrected chi connectivity index (χ2v) is 12.2. The van der Waals surface area contributed by atoms with Gasteiger partial charge >= 0.3 is 0 Å². The third-order valence-electron chi connectivity index (χ3n) is 5.11. The normalized spacial score (nSPS) is 29.4. The van der Waals surface area contributed by atoms with Crippen LogP contribution in [0.2, 0.25) is 19.6 Å². The van der Waals surface area contributed by atoms with E-state index in [0.29, 0.717) is 5.92 Å². The highest BCUT2D eigenvalue weighted by Crippen LogP contribution is 2.50. The summed E-state index contributed by atoms with van der Waals surface area (Å²) in [7, 11) is 1.88. The number of allylic oxidation sites excluding steroid dienone is 1. The highest BCUT2D eigenvalue weighted by molar-refractivity contribution is 6.69. The number of ether oxygens (including phenoxy) is 2. The Morgan fingerprint density at radius 3 is 2.50 bits per heavy atom. The van der Waals surface area contributed by atoms with Crippen molar-refractivity contribution in [2.24, 2.45) is 5.92 Å². The molecule has 2 rings (SSSR count). The van der Waals surface area contributed by atoms with Crippen LogP contribution in [0.3, 0.4) is 0 Å². The lowest BCUT2D eigenvalue weighted by atomic mass is 9.80. The first-order valence-electron chi connectivity index (χ1n) is 8.86. The SMILES string of the molecule is COC(CC[C@@H]1CCC[C@@]1(O[Si](C)(C)C)C1=CCCC1)OC. The van der Waals surface area contributed by atoms with Crippen molar-refractivity contribution in [1.29, 1.82) is 0 Å². The van der Waals surface area contributed by atoms with E-state index in [0.717, 1.165) is 12.8 Å². The molecule has 0 spiro atoms. The number of rotatable bonds is 8. The summed E-state index contributed by atoms with van der Waals surface area (Å²) in [5, 5.41) is 0. The first-order valence-corrected chi connectivity index (χ1v) is 12.3. The van der Waals surface area contributed by atoms with Crippen LogP contribution < -0.4 is 0 Å². The lowest BCUT2D eigenvalue weighted by Crippen LogP contribution is -2.46. The van der Waals surface area contributed by atoms with Crippen LogP contribution in [-0.2, 0) is 13.9 Å². The Morgan fingerprint density at radius 2 is 1.95 bits per heavy atom. The van der Waals surface area contributed by atoms with Crippen LogP contribution in [0.4, 0.5) is 0 Å². The van der Waals surface area contributed by atoms with Crippen LogP contribution >= 0.6 is 0 Å². The molecule has 0 amide bonds. The summed E-state index contributed by atoms with van der Waals surface area (Å²) in [6, 6.07) is 0. The molecule has 128 valence electrons. The van der Waals surface area contributed by atoms with Crippen LogP contribution in [0.15, 0.2) is 11.6 Å². The molecule has 0 unspecified atom stereocenters. The summed E-state index contributed by atoms with van der Waals surface area (Å²) in [4.78, 5) is 0. The third kappa shape index (κ3) is 4.22. The molecule has 1 saturated carbocycles. The van der Waals surface area contributed by atoms with E-state index in [1.165, 1.54) is 38.5 Å². The lowest BCUT2D eigenvalue weighted by Gasteiger charge is -2.42. The van der Waals surface area contributed by atoms with Gasteiger partial charge in [0.1, 0.15) is 0 Å². The molecule has 2 aliphatic carbocycles. The van der Waals surface area contributed by atoms with E-state index >= 15 is 0 Å². The number of hydrogen-bond acceptors (Lipinski definition) is 3. The second-order valence-electron chi connectivity index (χ2n) is 7.79. The molecule has 2 aliphatic rings. The van der Waals surface area contributed by atoms with Crippen molar-refractivity contribution in [3.8, 4) is 0 Å². The van der Waals surface area contributed by atoms with Crippen LogP contribution in [0.1, 0.15) is 51.4 Å². The fourth-order valence-electron chi connectivity index (χ4n) is 4.32. The van der Waals surface area contributed by atoms with E-state index in [2.05, 4.69) is 25.7 Å². The summed E-state index contributed by atoms with van der Waals surface area (Å²) < 4.78 is 17.6. The number of hydrogen-bond donors (Lipinski definition) is 0. The van der Waals surface area contributed by atoms with Gasteiger partial charge in [0.05, 0.1) is 5.60 Å². The van der Waals surface area contributed by atoms with Gasteiger partial charge in [-0.3, -0.25) is 0 Å². The van der Waals surface area contributed by atoms with E-state index < -0.39 is 8.32 Å². The van der Waals surface area contributed by atoms with Crippen molar-refractivity contribution >= 4 is 8.32 Å². The van der Waals surface area contributed by atoms with E-state index in [9.17, 15) is 0 Å². The summed E-state index contributed by atoms with van der Waals surface area (Å²) in [5.74, 6) is 0.622. The zero-order chi connectivity index (χ0) is 16.2. The van der Waals surface area contributed by atoms with Crippen molar-refractivity contribution in [1.82, 2.24) is 0 Å². The fourth-order valence-corrected chi connectivity index (χ4v) is 5.81. The van der Waals surface area contributed by atoms with Crippen molar-refractivity contribution in [3.05, 3.63) is 11.6 Å². The van der Waals surface area contributed by atoms with Gasteiger partial charge in [0.15, 0.2) is 14.6 Å². The van der Waals surface area contributed by atoms with E-state index in [4.69, 9.17) is 13.9 Å². The quantitative estimate of drug-likeness (QED) is 0.361. The fraction of sp³-hybridized carbons (Fsp3) is 0.889. The van der Waals surface area contributed by atoms with Crippen LogP contribution in [0.5, 0.6) is 0 Å². The molecular weight excluding hydrogens is 292 g/mol. The predicted molar refractivity (Wildman–Crippen MR) is 93.5 cm³/mol. The van der Waals surface area contributed by atoms with E-state index in [1.807, 2.05) is 0 Å². The van der Waals surface area contributed by atoms with Gasteiger partial charge in [-0.1, -0.05) is 6.08 Å². The second kappa shape index (κ2) is 7.60. The molecule has 0 aromatic carbocycles. The van der Waals surface area contributed by atoms with Gasteiger partial charge in [-0.15, -0.1) is 0 Å². The summed E-state index contributed by atoms with van der Waals surface area (Å²) in [5.41, 5.74) is 1.62. The van der Waals surface area contributed by atoms with Gasteiger partial charge in [-0.05, 0) is 82.5 Å². The van der Waals surface area contributed by atoms with Gasteiger partial charge < -0.3 is 13.9 Å². The molecule has 3 nitrogen and oxygen atoms in total. The minimum absolute atomic E-state index is 0.0208. The van der Waals surface area contributed by atoms with Crippen molar-refractivity contribution in [2.75, 3.05) is 14.2 Å². The predicted octanol–water partition coefficient (Wildman–Crippen LogP) is 4.89. The zero-order valence-corrected chi connectivity index (χ0v) is 16.1. The van der Waals surface area contributed by atoms with Crippen LogP contribution in [0.25, 0.3) is 0 Å². The Balaban J connectivity index is 2.15. The highest BCUT2D eigenvalue weighted by atomic mass is 28.4. The van der Waals surface area contributed by atoms with Gasteiger partial charge in [-0.25, -0.2) is 0 Å². The molecule has 2 atom stereocenters. The van der Waals surface area contributed by atoms with Crippen molar-refractivity contribution in [3.63, 3.8) is 0 Å². The smallest absolute Gasteiger partial charge is 0.184 e. The first kappa shape index (κ1) is 18.2. The molecule has 1 fully saturated rings. The summed E-state index contributed by atoms with van der Waals surface area (Å²) in [6.07, 6.45) is 12.0. The molecule has 0 N–H and O–H groups in total. The molecule has 0 radical (unpaired) electrons. The molecule has 0 aromatic heterocycles. The standard InChI is InChI=1S/C18H34O3Si/c1-19-17(20-2)13-12-16-11-8-14-18(16,21-22(3,4)5)15-9-6-7-10-15/h9,16-17H,6-8,10-14H2,1-5H3/t16-,18+/m0/s1. The Hall–Kier alpha value is -0.163. The zero-order valence-electron chi connectivity index (χ0n) is 15.1. The molecule has 0 aromatic rings. The maximum atomic E-state index is 6.87. The van der Waals surface area contributed by atoms with Crippen molar-refractivity contribution in [2.45, 2.75) is 82.9 Å². The molecule has 0 saturated heterocycles. The van der Waals surface area contributed by atoms with E-state index in [1.54, 1.807) is 19.8 Å². The van der Waals surface area contributed by atoms with Gasteiger partial charge in [-0.2, -0.15) is 0 Å². The third-order valence-corrected chi connectivity index (χ3v) is 6.09. The molecule has 4 heteroatoms.